The molecule has 5 unspecified atom stereocenters. The molecule has 0 bridgehead atoms. The molecule has 6 N–H and O–H groups in total. The maximum absolute atomic E-state index is 14.6. The summed E-state index contributed by atoms with van der Waals surface area (Å²) >= 11 is 0. The third kappa shape index (κ3) is 11.5. The molecular formula is C41H54N6O9. The number of Topliss-reactive ketones (excluding diaryl/α,β-unsaturated/α-hetero) is 2. The van der Waals surface area contributed by atoms with Crippen LogP contribution in [0, 0.1) is 5.92 Å². The van der Waals surface area contributed by atoms with E-state index in [9.17, 15) is 38.4 Å². The summed E-state index contributed by atoms with van der Waals surface area (Å²) in [5.74, 6) is -6.03. The molecule has 302 valence electrons. The minimum Gasteiger partial charge on any atom is -0.371 e. The largest absolute Gasteiger partial charge is 0.371 e. The number of carbonyl (C=O) groups excluding carboxylic acids is 8. The van der Waals surface area contributed by atoms with Crippen molar-refractivity contribution in [2.24, 2.45) is 11.7 Å². The highest BCUT2D eigenvalue weighted by atomic mass is 16.5. The second-order valence-electron chi connectivity index (χ2n) is 15.4. The van der Waals surface area contributed by atoms with Crippen molar-refractivity contribution in [1.29, 1.82) is 0 Å². The quantitative estimate of drug-likeness (QED) is 0.125. The predicted octanol–water partition coefficient (Wildman–Crippen LogP) is 2.28. The summed E-state index contributed by atoms with van der Waals surface area (Å²) < 4.78 is 6.22. The highest BCUT2D eigenvalue weighted by Crippen LogP contribution is 2.31. The van der Waals surface area contributed by atoms with Gasteiger partial charge in [-0.05, 0) is 64.5 Å². The van der Waals surface area contributed by atoms with E-state index in [0.29, 0.717) is 18.4 Å². The van der Waals surface area contributed by atoms with Crippen molar-refractivity contribution in [3.05, 3.63) is 71.3 Å². The summed E-state index contributed by atoms with van der Waals surface area (Å²) in [6.45, 7) is 7.90. The van der Waals surface area contributed by atoms with E-state index >= 15 is 0 Å². The summed E-state index contributed by atoms with van der Waals surface area (Å²) in [5, 5.41) is 10.2. The van der Waals surface area contributed by atoms with Crippen molar-refractivity contribution in [3.63, 3.8) is 0 Å². The van der Waals surface area contributed by atoms with Gasteiger partial charge in [-0.3, -0.25) is 38.4 Å². The van der Waals surface area contributed by atoms with Gasteiger partial charge in [-0.25, -0.2) is 0 Å². The van der Waals surface area contributed by atoms with Gasteiger partial charge in [0.15, 0.2) is 5.78 Å². The SMILES string of the molecule is CCC(NC(=O)C1CC(OC(C)(C)C)CN1C(=O)C(NC(=O)c1ccccc1C(C)=O)C1CCCCC1)C(=O)C(=O)NCC(=O)NC(C(N)=O)c1ccccc1. The molecule has 15 heteroatoms. The van der Waals surface area contributed by atoms with Gasteiger partial charge in [0.2, 0.25) is 29.4 Å². The van der Waals surface area contributed by atoms with E-state index < -0.39 is 83.6 Å². The number of primary amides is 1. The monoisotopic (exact) mass is 774 g/mol. The molecule has 2 aliphatic rings. The Kier molecular flexibility index (Phi) is 15.0. The Labute approximate surface area is 327 Å². The second kappa shape index (κ2) is 19.4. The highest BCUT2D eigenvalue weighted by Gasteiger charge is 2.46. The molecule has 0 radical (unpaired) electrons. The number of hydrogen-bond acceptors (Lipinski definition) is 9. The average Bonchev–Trinajstić information content (AvgIpc) is 3.59. The molecule has 1 aliphatic carbocycles. The molecule has 2 fully saturated rings. The van der Waals surface area contributed by atoms with Crippen molar-refractivity contribution < 1.29 is 43.1 Å². The molecule has 1 saturated carbocycles. The van der Waals surface area contributed by atoms with Crippen LogP contribution in [0.3, 0.4) is 0 Å². The number of amides is 6. The third-order valence-electron chi connectivity index (χ3n) is 9.99. The van der Waals surface area contributed by atoms with Gasteiger partial charge in [0, 0.05) is 18.5 Å². The Morgan fingerprint density at radius 3 is 2.07 bits per heavy atom. The van der Waals surface area contributed by atoms with Gasteiger partial charge in [0.25, 0.3) is 11.8 Å². The first kappa shape index (κ1) is 43.3. The fraction of sp³-hybridized carbons (Fsp3) is 0.512. The Morgan fingerprint density at radius 2 is 1.48 bits per heavy atom. The van der Waals surface area contributed by atoms with Gasteiger partial charge in [0.05, 0.1) is 29.9 Å². The van der Waals surface area contributed by atoms with Crippen LogP contribution in [0.2, 0.25) is 0 Å². The first-order chi connectivity index (χ1) is 26.5. The molecule has 6 amide bonds. The normalized spacial score (nSPS) is 18.8. The molecular weight excluding hydrogens is 720 g/mol. The van der Waals surface area contributed by atoms with E-state index in [1.807, 2.05) is 20.8 Å². The average molecular weight is 775 g/mol. The van der Waals surface area contributed by atoms with Crippen LogP contribution in [0.5, 0.6) is 0 Å². The van der Waals surface area contributed by atoms with Gasteiger partial charge in [0.1, 0.15) is 18.1 Å². The number of carbonyl (C=O) groups is 8. The zero-order valence-corrected chi connectivity index (χ0v) is 32.7. The van der Waals surface area contributed by atoms with Crippen LogP contribution in [-0.2, 0) is 33.5 Å². The van der Waals surface area contributed by atoms with Crippen LogP contribution in [0.25, 0.3) is 0 Å². The van der Waals surface area contributed by atoms with Crippen LogP contribution in [-0.4, -0.2) is 94.8 Å². The molecule has 0 aromatic heterocycles. The van der Waals surface area contributed by atoms with Crippen LogP contribution < -0.4 is 27.0 Å². The molecule has 1 heterocycles. The lowest BCUT2D eigenvalue weighted by atomic mass is 9.83. The van der Waals surface area contributed by atoms with Crippen molar-refractivity contribution in [1.82, 2.24) is 26.2 Å². The van der Waals surface area contributed by atoms with Gasteiger partial charge < -0.3 is 36.6 Å². The molecule has 2 aromatic rings. The van der Waals surface area contributed by atoms with Gasteiger partial charge in [-0.15, -0.1) is 0 Å². The summed E-state index contributed by atoms with van der Waals surface area (Å²) in [7, 11) is 0. The van der Waals surface area contributed by atoms with Crippen molar-refractivity contribution in [3.8, 4) is 0 Å². The smallest absolute Gasteiger partial charge is 0.290 e. The molecule has 15 nitrogen and oxygen atoms in total. The van der Waals surface area contributed by atoms with E-state index in [0.717, 1.165) is 19.3 Å². The number of nitrogens with zero attached hydrogens (tertiary/aromatic N) is 1. The molecule has 5 atom stereocenters. The van der Waals surface area contributed by atoms with E-state index in [-0.39, 0.29) is 42.2 Å². The number of ketones is 2. The highest BCUT2D eigenvalue weighted by molar-refractivity contribution is 6.38. The Balaban J connectivity index is 1.50. The molecule has 4 rings (SSSR count). The summed E-state index contributed by atoms with van der Waals surface area (Å²) in [6, 6.07) is 10.1. The van der Waals surface area contributed by atoms with Crippen molar-refractivity contribution in [2.75, 3.05) is 13.1 Å². The van der Waals surface area contributed by atoms with Gasteiger partial charge >= 0.3 is 0 Å². The number of nitrogens with one attached hydrogen (secondary N) is 4. The lowest BCUT2D eigenvalue weighted by Gasteiger charge is -2.35. The lowest BCUT2D eigenvalue weighted by Crippen LogP contribution is -2.58. The maximum Gasteiger partial charge on any atom is 0.290 e. The number of ether oxygens (including phenoxy) is 1. The maximum atomic E-state index is 14.6. The number of benzene rings is 2. The molecule has 1 saturated heterocycles. The molecule has 0 spiro atoms. The van der Waals surface area contributed by atoms with E-state index in [1.54, 1.807) is 55.5 Å². The topological polar surface area (TPSA) is 223 Å². The summed E-state index contributed by atoms with van der Waals surface area (Å²) in [6.07, 6.45) is 3.59. The number of hydrogen-bond donors (Lipinski definition) is 5. The Morgan fingerprint density at radius 1 is 0.857 bits per heavy atom. The predicted molar refractivity (Wildman–Crippen MR) is 206 cm³/mol. The molecule has 56 heavy (non-hydrogen) atoms. The lowest BCUT2D eigenvalue weighted by molar-refractivity contribution is -0.143. The fourth-order valence-electron chi connectivity index (χ4n) is 7.31. The van der Waals surface area contributed by atoms with Crippen molar-refractivity contribution >= 4 is 47.0 Å². The van der Waals surface area contributed by atoms with Gasteiger partial charge in [-0.2, -0.15) is 0 Å². The minimum absolute atomic E-state index is 0.0147. The first-order valence-electron chi connectivity index (χ1n) is 19.2. The number of likely N-dealkylation sites (tertiary alicyclic amines) is 1. The Bertz CT molecular complexity index is 1790. The van der Waals surface area contributed by atoms with Gasteiger partial charge in [-0.1, -0.05) is 74.7 Å². The van der Waals surface area contributed by atoms with E-state index in [2.05, 4.69) is 21.3 Å². The van der Waals surface area contributed by atoms with Crippen LogP contribution >= 0.6 is 0 Å². The van der Waals surface area contributed by atoms with Crippen LogP contribution in [0.1, 0.15) is 112 Å². The first-order valence-corrected chi connectivity index (χ1v) is 19.2. The fourth-order valence-corrected chi connectivity index (χ4v) is 7.31. The molecule has 1 aliphatic heterocycles. The third-order valence-corrected chi connectivity index (χ3v) is 9.99. The number of rotatable bonds is 16. The summed E-state index contributed by atoms with van der Waals surface area (Å²) in [5.41, 5.74) is 5.64. The van der Waals surface area contributed by atoms with Crippen molar-refractivity contribution in [2.45, 2.75) is 115 Å². The zero-order chi connectivity index (χ0) is 41.2. The molecule has 2 aromatic carbocycles. The summed E-state index contributed by atoms with van der Waals surface area (Å²) in [4.78, 5) is 107. The van der Waals surface area contributed by atoms with Crippen LogP contribution in [0.15, 0.2) is 54.6 Å². The standard InChI is InChI=1S/C41H54N6O9/c1-6-30(35(50)39(54)43-22-32(49)45-33(36(42)51)25-15-9-7-10-16-25)44-38(53)31-21-27(56-41(3,4)5)23-47(31)40(55)34(26-17-11-8-12-18-26)46-37(52)29-20-14-13-19-28(29)24(2)48/h7,9-10,13-16,19-20,26-27,30-31,33-34H,6,8,11-12,17-18,21-23H2,1-5H3,(H2,42,51)(H,43,54)(H,44,53)(H,45,49)(H,46,52). The van der Waals surface area contributed by atoms with E-state index in [4.69, 9.17) is 10.5 Å². The zero-order valence-electron chi connectivity index (χ0n) is 32.7. The van der Waals surface area contributed by atoms with E-state index in [1.165, 1.54) is 17.9 Å². The second-order valence-corrected chi connectivity index (χ2v) is 15.4. The minimum atomic E-state index is -1.30. The Hall–Kier alpha value is -5.44. The van der Waals surface area contributed by atoms with Crippen LogP contribution in [0.4, 0.5) is 0 Å². The number of nitrogens with two attached hydrogens (primary N) is 1.